The summed E-state index contributed by atoms with van der Waals surface area (Å²) in [7, 11) is 0. The quantitative estimate of drug-likeness (QED) is 0.879. The summed E-state index contributed by atoms with van der Waals surface area (Å²) in [5, 5.41) is 12.0. The van der Waals surface area contributed by atoms with E-state index in [9.17, 15) is 4.79 Å². The van der Waals surface area contributed by atoms with Crippen LogP contribution in [-0.4, -0.2) is 19.1 Å². The number of hydrogen-bond donors (Lipinski definition) is 1. The molecule has 0 fully saturated rings. The summed E-state index contributed by atoms with van der Waals surface area (Å²) in [5.74, 6) is 5.88. The largest absolute Gasteiger partial charge is 0.479 e. The van der Waals surface area contributed by atoms with Crippen LogP contribution in [0.25, 0.3) is 0 Å². The summed E-state index contributed by atoms with van der Waals surface area (Å²) < 4.78 is 5.40. The molecular formula is C18H13ClN2O2. The van der Waals surface area contributed by atoms with Gasteiger partial charge in [-0.1, -0.05) is 41.6 Å². The molecule has 0 bridgehead atoms. The Morgan fingerprint density at radius 2 is 2.00 bits per heavy atom. The third-order valence-corrected chi connectivity index (χ3v) is 3.16. The van der Waals surface area contributed by atoms with Crippen molar-refractivity contribution in [3.05, 3.63) is 64.7 Å². The minimum absolute atomic E-state index is 0.184. The topological polar surface area (TPSA) is 62.1 Å². The molecule has 0 spiro atoms. The Balaban J connectivity index is 1.78. The van der Waals surface area contributed by atoms with Gasteiger partial charge in [0.25, 0.3) is 5.91 Å². The predicted molar refractivity (Wildman–Crippen MR) is 88.2 cm³/mol. The number of halogens is 1. The van der Waals surface area contributed by atoms with Crippen LogP contribution in [-0.2, 0) is 0 Å². The molecule has 0 heterocycles. The number of amides is 1. The Morgan fingerprint density at radius 1 is 1.17 bits per heavy atom. The fourth-order valence-corrected chi connectivity index (χ4v) is 1.94. The van der Waals surface area contributed by atoms with Gasteiger partial charge < -0.3 is 10.1 Å². The number of carbonyl (C=O) groups excluding carboxylic acids is 1. The number of hydrogen-bond acceptors (Lipinski definition) is 3. The molecule has 2 rings (SSSR count). The summed E-state index contributed by atoms with van der Waals surface area (Å²) in [5.41, 5.74) is 0.870. The molecule has 0 unspecified atom stereocenters. The minimum atomic E-state index is -0.275. The first-order valence-corrected chi connectivity index (χ1v) is 7.20. The van der Waals surface area contributed by atoms with E-state index in [1.165, 1.54) is 6.07 Å². The van der Waals surface area contributed by atoms with Crippen LogP contribution < -0.4 is 10.1 Å². The van der Waals surface area contributed by atoms with Crippen LogP contribution in [0.15, 0.2) is 48.5 Å². The second-order valence-electron chi connectivity index (χ2n) is 4.45. The van der Waals surface area contributed by atoms with E-state index in [1.54, 1.807) is 30.3 Å². The third kappa shape index (κ3) is 5.07. The predicted octanol–water partition coefficient (Wildman–Crippen LogP) is 3.02. The van der Waals surface area contributed by atoms with Crippen molar-refractivity contribution in [1.82, 2.24) is 5.32 Å². The lowest BCUT2D eigenvalue weighted by atomic mass is 10.1. The van der Waals surface area contributed by atoms with Crippen molar-refractivity contribution < 1.29 is 9.53 Å². The Morgan fingerprint density at radius 3 is 2.78 bits per heavy atom. The lowest BCUT2D eigenvalue weighted by Gasteiger charge is -2.03. The molecule has 0 aromatic heterocycles. The van der Waals surface area contributed by atoms with Crippen LogP contribution in [0.4, 0.5) is 0 Å². The molecule has 0 saturated heterocycles. The fraction of sp³-hybridized carbons (Fsp3) is 0.111. The minimum Gasteiger partial charge on any atom is -0.479 e. The Kier molecular flexibility index (Phi) is 6.06. The summed E-state index contributed by atoms with van der Waals surface area (Å²) >= 11 is 5.95. The molecule has 0 aliphatic rings. The number of benzene rings is 2. The van der Waals surface area contributed by atoms with Gasteiger partial charge in [0.05, 0.1) is 23.2 Å². The number of nitriles is 1. The molecule has 1 amide bonds. The smallest absolute Gasteiger partial charge is 0.252 e. The summed E-state index contributed by atoms with van der Waals surface area (Å²) in [6.45, 7) is 0.380. The first kappa shape index (κ1) is 16.4. The molecule has 4 nitrogen and oxygen atoms in total. The van der Waals surface area contributed by atoms with E-state index in [2.05, 4.69) is 17.2 Å². The summed E-state index contributed by atoms with van der Waals surface area (Å²) in [6.07, 6.45) is 0. The van der Waals surface area contributed by atoms with E-state index in [4.69, 9.17) is 21.6 Å². The highest BCUT2D eigenvalue weighted by Gasteiger charge is 2.04. The van der Waals surface area contributed by atoms with Crippen LogP contribution >= 0.6 is 11.6 Å². The van der Waals surface area contributed by atoms with E-state index < -0.39 is 0 Å². The van der Waals surface area contributed by atoms with Gasteiger partial charge in [-0.15, -0.1) is 0 Å². The van der Waals surface area contributed by atoms with Crippen molar-refractivity contribution >= 4 is 17.5 Å². The van der Waals surface area contributed by atoms with Crippen molar-refractivity contribution in [2.24, 2.45) is 0 Å². The van der Waals surface area contributed by atoms with Crippen molar-refractivity contribution in [3.8, 4) is 23.7 Å². The van der Waals surface area contributed by atoms with Gasteiger partial charge in [0.1, 0.15) is 12.4 Å². The molecular weight excluding hydrogens is 312 g/mol. The summed E-state index contributed by atoms with van der Waals surface area (Å²) in [4.78, 5) is 11.9. The van der Waals surface area contributed by atoms with Crippen molar-refractivity contribution in [1.29, 1.82) is 5.26 Å². The molecule has 1 N–H and O–H groups in total. The first-order valence-electron chi connectivity index (χ1n) is 6.82. The highest BCUT2D eigenvalue weighted by molar-refractivity contribution is 6.32. The molecule has 0 radical (unpaired) electrons. The lowest BCUT2D eigenvalue weighted by Crippen LogP contribution is -2.23. The van der Waals surface area contributed by atoms with Crippen molar-refractivity contribution in [2.45, 2.75) is 0 Å². The van der Waals surface area contributed by atoms with Crippen LogP contribution in [0.3, 0.4) is 0 Å². The number of nitrogens with one attached hydrogen (secondary N) is 1. The maximum atomic E-state index is 11.9. The lowest BCUT2D eigenvalue weighted by molar-refractivity contribution is 0.0958. The van der Waals surface area contributed by atoms with Gasteiger partial charge in [-0.3, -0.25) is 4.79 Å². The van der Waals surface area contributed by atoms with E-state index in [1.807, 2.05) is 18.2 Å². The van der Waals surface area contributed by atoms with Gasteiger partial charge in [0.2, 0.25) is 0 Å². The monoisotopic (exact) mass is 324 g/mol. The van der Waals surface area contributed by atoms with Gasteiger partial charge in [0, 0.05) is 5.56 Å². The molecule has 5 heteroatoms. The molecule has 0 aliphatic carbocycles. The number of para-hydroxylation sites is 1. The number of nitrogens with zero attached hydrogens (tertiary/aromatic N) is 1. The second-order valence-corrected chi connectivity index (χ2v) is 4.86. The van der Waals surface area contributed by atoms with Crippen LogP contribution in [0.1, 0.15) is 15.9 Å². The Labute approximate surface area is 139 Å². The normalized spacial score (nSPS) is 9.22. The zero-order chi connectivity index (χ0) is 16.5. The number of rotatable bonds is 4. The Hall–Kier alpha value is -2.95. The average Bonchev–Trinajstić information content (AvgIpc) is 2.59. The standard InChI is InChI=1S/C18H13ClN2O2/c19-16-8-1-2-9-17(16)23-11-4-3-10-21-18(22)15-7-5-6-14(12-15)13-20/h1-2,5-9,12H,10-11H2,(H,21,22). The van der Waals surface area contributed by atoms with Gasteiger partial charge in [-0.2, -0.15) is 5.26 Å². The van der Waals surface area contributed by atoms with Crippen molar-refractivity contribution in [2.75, 3.05) is 13.2 Å². The van der Waals surface area contributed by atoms with E-state index >= 15 is 0 Å². The first-order chi connectivity index (χ1) is 11.2. The highest BCUT2D eigenvalue weighted by Crippen LogP contribution is 2.22. The van der Waals surface area contributed by atoms with Gasteiger partial charge in [0.15, 0.2) is 0 Å². The van der Waals surface area contributed by atoms with Crippen LogP contribution in [0.2, 0.25) is 5.02 Å². The van der Waals surface area contributed by atoms with E-state index in [-0.39, 0.29) is 19.1 Å². The second kappa shape index (κ2) is 8.48. The molecule has 114 valence electrons. The maximum absolute atomic E-state index is 11.9. The van der Waals surface area contributed by atoms with Gasteiger partial charge in [-0.05, 0) is 30.3 Å². The molecule has 0 aliphatic heterocycles. The molecule has 2 aromatic carbocycles. The zero-order valence-electron chi connectivity index (χ0n) is 12.2. The van der Waals surface area contributed by atoms with Crippen LogP contribution in [0.5, 0.6) is 5.75 Å². The third-order valence-electron chi connectivity index (χ3n) is 2.85. The Bertz CT molecular complexity index is 800. The van der Waals surface area contributed by atoms with Crippen LogP contribution in [0, 0.1) is 23.2 Å². The number of ether oxygens (including phenoxy) is 1. The molecule has 0 saturated carbocycles. The number of carbonyl (C=O) groups is 1. The molecule has 2 aromatic rings. The van der Waals surface area contributed by atoms with E-state index in [0.717, 1.165) is 0 Å². The van der Waals surface area contributed by atoms with Gasteiger partial charge >= 0.3 is 0 Å². The van der Waals surface area contributed by atoms with E-state index in [0.29, 0.717) is 21.9 Å². The van der Waals surface area contributed by atoms with Crippen molar-refractivity contribution in [3.63, 3.8) is 0 Å². The summed E-state index contributed by atoms with van der Waals surface area (Å²) in [6, 6.07) is 15.6. The van der Waals surface area contributed by atoms with Gasteiger partial charge in [-0.25, -0.2) is 0 Å². The molecule has 23 heavy (non-hydrogen) atoms. The SMILES string of the molecule is N#Cc1cccc(C(=O)NCC#CCOc2ccccc2Cl)c1. The fourth-order valence-electron chi connectivity index (χ4n) is 1.75. The average molecular weight is 325 g/mol. The zero-order valence-corrected chi connectivity index (χ0v) is 12.9. The maximum Gasteiger partial charge on any atom is 0.252 e. The molecule has 0 atom stereocenters. The highest BCUT2D eigenvalue weighted by atomic mass is 35.5.